The van der Waals surface area contributed by atoms with E-state index >= 15 is 0 Å². The number of aromatic nitrogens is 3. The third kappa shape index (κ3) is 3.44. The lowest BCUT2D eigenvalue weighted by Gasteiger charge is -2.21. The number of anilines is 3. The lowest BCUT2D eigenvalue weighted by atomic mass is 9.93. The first kappa shape index (κ1) is 13.9. The van der Waals surface area contributed by atoms with Crippen molar-refractivity contribution < 1.29 is 4.79 Å². The molecule has 0 bridgehead atoms. The van der Waals surface area contributed by atoms with Gasteiger partial charge in [-0.3, -0.25) is 4.79 Å². The molecule has 0 spiro atoms. The average molecular weight is 253 g/mol. The molecule has 5 N–H and O–H groups in total. The molecular formula is C10H19N7O. The first-order valence-corrected chi connectivity index (χ1v) is 5.45. The summed E-state index contributed by atoms with van der Waals surface area (Å²) in [6.07, 6.45) is 0. The van der Waals surface area contributed by atoms with Crippen molar-refractivity contribution in [2.45, 2.75) is 13.8 Å². The van der Waals surface area contributed by atoms with Crippen molar-refractivity contribution in [1.29, 1.82) is 0 Å². The number of primary amides is 1. The van der Waals surface area contributed by atoms with Gasteiger partial charge in [0.15, 0.2) is 0 Å². The summed E-state index contributed by atoms with van der Waals surface area (Å²) >= 11 is 0. The number of nitrogens with zero attached hydrogens (tertiary/aromatic N) is 4. The Morgan fingerprint density at radius 1 is 1.33 bits per heavy atom. The normalized spacial score (nSPS) is 11.1. The number of hydrogen-bond donors (Lipinski definition) is 3. The Bertz CT molecular complexity index is 444. The van der Waals surface area contributed by atoms with Crippen molar-refractivity contribution in [2.75, 3.05) is 36.6 Å². The van der Waals surface area contributed by atoms with Crippen molar-refractivity contribution in [3.05, 3.63) is 0 Å². The molecule has 8 nitrogen and oxygen atoms in total. The lowest BCUT2D eigenvalue weighted by molar-refractivity contribution is -0.125. The summed E-state index contributed by atoms with van der Waals surface area (Å²) in [4.78, 5) is 25.0. The lowest BCUT2D eigenvalue weighted by Crippen LogP contribution is -2.37. The highest BCUT2D eigenvalue weighted by Crippen LogP contribution is 2.15. The van der Waals surface area contributed by atoms with Crippen molar-refractivity contribution in [3.8, 4) is 0 Å². The van der Waals surface area contributed by atoms with Crippen molar-refractivity contribution in [3.63, 3.8) is 0 Å². The Kier molecular flexibility index (Phi) is 3.89. The van der Waals surface area contributed by atoms with E-state index in [1.807, 2.05) is 0 Å². The Hall–Kier alpha value is -2.12. The zero-order valence-electron chi connectivity index (χ0n) is 11.1. The Morgan fingerprint density at radius 3 is 2.44 bits per heavy atom. The topological polar surface area (TPSA) is 123 Å². The van der Waals surface area contributed by atoms with Gasteiger partial charge in [0.25, 0.3) is 0 Å². The Balaban J connectivity index is 2.82. The van der Waals surface area contributed by atoms with E-state index in [0.717, 1.165) is 0 Å². The van der Waals surface area contributed by atoms with Crippen LogP contribution in [0, 0.1) is 5.41 Å². The molecule has 8 heteroatoms. The molecule has 0 atom stereocenters. The van der Waals surface area contributed by atoms with Gasteiger partial charge in [-0.1, -0.05) is 0 Å². The molecular weight excluding hydrogens is 234 g/mol. The van der Waals surface area contributed by atoms with Gasteiger partial charge in [0.1, 0.15) is 0 Å². The molecule has 18 heavy (non-hydrogen) atoms. The minimum absolute atomic E-state index is 0.119. The SMILES string of the molecule is CN(C)c1nc(N)nc(NCC(C)(C)C(N)=O)n1. The summed E-state index contributed by atoms with van der Waals surface area (Å²) in [6.45, 7) is 3.79. The second kappa shape index (κ2) is 5.03. The second-order valence-corrected chi connectivity index (χ2v) is 4.81. The van der Waals surface area contributed by atoms with Crippen molar-refractivity contribution in [2.24, 2.45) is 11.1 Å². The molecule has 1 rings (SSSR count). The number of nitrogens with two attached hydrogens (primary N) is 2. The van der Waals surface area contributed by atoms with E-state index in [9.17, 15) is 4.79 Å². The molecule has 0 aromatic carbocycles. The Morgan fingerprint density at radius 2 is 1.94 bits per heavy atom. The van der Waals surface area contributed by atoms with E-state index < -0.39 is 11.3 Å². The summed E-state index contributed by atoms with van der Waals surface area (Å²) in [5, 5.41) is 2.93. The largest absolute Gasteiger partial charge is 0.369 e. The number of hydrogen-bond acceptors (Lipinski definition) is 7. The minimum atomic E-state index is -0.695. The number of amides is 1. The van der Waals surface area contributed by atoms with Crippen LogP contribution < -0.4 is 21.7 Å². The fraction of sp³-hybridized carbons (Fsp3) is 0.600. The van der Waals surface area contributed by atoms with Gasteiger partial charge in [-0.15, -0.1) is 0 Å². The van der Waals surface area contributed by atoms with E-state index in [1.165, 1.54) is 0 Å². The van der Waals surface area contributed by atoms with Crippen LogP contribution in [0.5, 0.6) is 0 Å². The number of rotatable bonds is 5. The van der Waals surface area contributed by atoms with E-state index in [1.54, 1.807) is 32.8 Å². The van der Waals surface area contributed by atoms with Crippen LogP contribution in [0.4, 0.5) is 17.8 Å². The average Bonchev–Trinajstić information content (AvgIpc) is 2.25. The molecule has 1 aromatic rings. The third-order valence-corrected chi connectivity index (χ3v) is 2.40. The predicted octanol–water partition coefficient (Wildman–Crippen LogP) is -0.557. The molecule has 0 aliphatic heterocycles. The van der Waals surface area contributed by atoms with E-state index in [4.69, 9.17) is 11.5 Å². The third-order valence-electron chi connectivity index (χ3n) is 2.40. The molecule has 0 fully saturated rings. The summed E-state index contributed by atoms with van der Waals surface area (Å²) < 4.78 is 0. The molecule has 1 heterocycles. The van der Waals surface area contributed by atoms with Gasteiger partial charge < -0.3 is 21.7 Å². The van der Waals surface area contributed by atoms with Gasteiger partial charge >= 0.3 is 0 Å². The molecule has 0 saturated heterocycles. The van der Waals surface area contributed by atoms with Gasteiger partial charge in [0.05, 0.1) is 5.41 Å². The summed E-state index contributed by atoms with van der Waals surface area (Å²) in [7, 11) is 3.60. The molecule has 0 saturated carbocycles. The molecule has 0 aliphatic rings. The van der Waals surface area contributed by atoms with Crippen molar-refractivity contribution in [1.82, 2.24) is 15.0 Å². The van der Waals surface area contributed by atoms with Crippen LogP contribution in [0.1, 0.15) is 13.8 Å². The molecule has 0 aliphatic carbocycles. The standard InChI is InChI=1S/C10H19N7O/c1-10(2,6(11)18)5-13-8-14-7(12)15-9(16-8)17(3)4/h5H2,1-4H3,(H2,11,18)(H3,12,13,14,15,16). The highest BCUT2D eigenvalue weighted by molar-refractivity contribution is 5.80. The maximum Gasteiger partial charge on any atom is 0.231 e. The van der Waals surface area contributed by atoms with Crippen LogP contribution in [-0.4, -0.2) is 41.5 Å². The molecule has 1 amide bonds. The molecule has 1 aromatic heterocycles. The minimum Gasteiger partial charge on any atom is -0.369 e. The van der Waals surface area contributed by atoms with Gasteiger partial charge in [0, 0.05) is 20.6 Å². The maximum absolute atomic E-state index is 11.2. The van der Waals surface area contributed by atoms with Crippen LogP contribution in [0.15, 0.2) is 0 Å². The fourth-order valence-electron chi connectivity index (χ4n) is 1.05. The Labute approximate surface area is 106 Å². The highest BCUT2D eigenvalue weighted by atomic mass is 16.1. The van der Waals surface area contributed by atoms with Crippen LogP contribution in [0.25, 0.3) is 0 Å². The van der Waals surface area contributed by atoms with Crippen LogP contribution in [-0.2, 0) is 4.79 Å². The van der Waals surface area contributed by atoms with Gasteiger partial charge in [-0.2, -0.15) is 15.0 Å². The number of nitrogens with one attached hydrogen (secondary N) is 1. The van der Waals surface area contributed by atoms with E-state index in [-0.39, 0.29) is 5.95 Å². The van der Waals surface area contributed by atoms with Crippen LogP contribution in [0.2, 0.25) is 0 Å². The summed E-state index contributed by atoms with van der Waals surface area (Å²) in [5.74, 6) is 0.486. The number of carbonyl (C=O) groups is 1. The first-order chi connectivity index (χ1) is 8.22. The molecule has 0 radical (unpaired) electrons. The first-order valence-electron chi connectivity index (χ1n) is 5.45. The zero-order valence-corrected chi connectivity index (χ0v) is 11.1. The monoisotopic (exact) mass is 253 g/mol. The van der Waals surface area contributed by atoms with Crippen molar-refractivity contribution >= 4 is 23.8 Å². The van der Waals surface area contributed by atoms with Gasteiger partial charge in [-0.25, -0.2) is 0 Å². The van der Waals surface area contributed by atoms with E-state index in [2.05, 4.69) is 20.3 Å². The quantitative estimate of drug-likeness (QED) is 0.642. The predicted molar refractivity (Wildman–Crippen MR) is 70.0 cm³/mol. The fourth-order valence-corrected chi connectivity index (χ4v) is 1.05. The van der Waals surface area contributed by atoms with E-state index in [0.29, 0.717) is 18.4 Å². The van der Waals surface area contributed by atoms with Gasteiger partial charge in [0.2, 0.25) is 23.8 Å². The maximum atomic E-state index is 11.2. The zero-order chi connectivity index (χ0) is 13.9. The summed E-state index contributed by atoms with van der Waals surface area (Å²) in [6, 6.07) is 0. The molecule has 100 valence electrons. The molecule has 0 unspecified atom stereocenters. The number of carbonyl (C=O) groups excluding carboxylic acids is 1. The second-order valence-electron chi connectivity index (χ2n) is 4.81. The smallest absolute Gasteiger partial charge is 0.231 e. The van der Waals surface area contributed by atoms with Crippen LogP contribution in [0.3, 0.4) is 0 Å². The summed E-state index contributed by atoms with van der Waals surface area (Å²) in [5.41, 5.74) is 10.2. The van der Waals surface area contributed by atoms with Gasteiger partial charge in [-0.05, 0) is 13.8 Å². The number of nitrogen functional groups attached to an aromatic ring is 1. The highest BCUT2D eigenvalue weighted by Gasteiger charge is 2.25. The van der Waals surface area contributed by atoms with Crippen LogP contribution >= 0.6 is 0 Å².